The van der Waals surface area contributed by atoms with Gasteiger partial charge in [0.25, 0.3) is 0 Å². The fraction of sp³-hybridized carbons (Fsp3) is 0.903. The molecule has 1 heterocycles. The molecule has 234 valence electrons. The molecule has 1 aliphatic heterocycles. The molecule has 10 nitrogen and oxygen atoms in total. The summed E-state index contributed by atoms with van der Waals surface area (Å²) in [6.07, 6.45) is 5.70. The fourth-order valence-electron chi connectivity index (χ4n) is 10.0. The van der Waals surface area contributed by atoms with E-state index in [0.29, 0.717) is 18.4 Å². The molecule has 0 radical (unpaired) electrons. The lowest BCUT2D eigenvalue weighted by Crippen LogP contribution is -2.63. The molecule has 0 aromatic rings. The first-order chi connectivity index (χ1) is 19.4. The number of rotatable bonds is 10. The van der Waals surface area contributed by atoms with Crippen LogP contribution in [0, 0.1) is 34.5 Å². The standard InChI is InChI=1S/C31H51NO9/c1-18(35)28(41-26(16-34)25(36)15-33)32(39-4)21-7-10-29(2)20(14-21)5-6-24-23(29)8-11-30(3)22(9-12-31(24,30)38)19-13-27(37)40-17-19/h13,18,20-26,28,33-36,38H,5-12,14-17H2,1-4H3/t18?,20?,21?,22?,23?,24?,25-,26?,28+,29?,30?,31?/m0/s1. The summed E-state index contributed by atoms with van der Waals surface area (Å²) in [7, 11) is 1.55. The SMILES string of the molecule is CON(C1CCC2(C)C(CCC3C2CCC2(C)C(C4=CC(=O)OC4)CCC32O)C1)[C@H](OC(CO)[C@@H](O)CO)C(C)O. The number of aliphatic hydroxyl groups is 5. The first-order valence-corrected chi connectivity index (χ1v) is 15.6. The second-order valence-electron chi connectivity index (χ2n) is 14.0. The fourth-order valence-corrected chi connectivity index (χ4v) is 10.0. The van der Waals surface area contributed by atoms with Crippen LogP contribution in [0.3, 0.4) is 0 Å². The van der Waals surface area contributed by atoms with Crippen molar-refractivity contribution in [1.82, 2.24) is 5.06 Å². The molecule has 10 heteroatoms. The van der Waals surface area contributed by atoms with E-state index in [1.54, 1.807) is 25.2 Å². The molecule has 5 N–H and O–H groups in total. The number of cyclic esters (lactones) is 1. The zero-order chi connectivity index (χ0) is 29.7. The Balaban J connectivity index is 1.32. The molecule has 41 heavy (non-hydrogen) atoms. The van der Waals surface area contributed by atoms with Crippen LogP contribution in [0.15, 0.2) is 11.6 Å². The summed E-state index contributed by atoms with van der Waals surface area (Å²) in [6, 6.07) is -0.0283. The average Bonchev–Trinajstić information content (AvgIpc) is 3.49. The Kier molecular flexibility index (Phi) is 8.99. The van der Waals surface area contributed by atoms with Gasteiger partial charge < -0.3 is 35.0 Å². The van der Waals surface area contributed by atoms with Crippen molar-refractivity contribution in [2.75, 3.05) is 26.9 Å². The molecule has 4 aliphatic carbocycles. The van der Waals surface area contributed by atoms with Crippen molar-refractivity contribution in [2.45, 2.75) is 115 Å². The van der Waals surface area contributed by atoms with Gasteiger partial charge in [-0.05, 0) is 99.4 Å². The molecule has 0 bridgehead atoms. The number of ether oxygens (including phenoxy) is 2. The van der Waals surface area contributed by atoms with E-state index in [1.165, 1.54) is 0 Å². The van der Waals surface area contributed by atoms with E-state index in [0.717, 1.165) is 63.4 Å². The van der Waals surface area contributed by atoms with Crippen LogP contribution in [0.4, 0.5) is 0 Å². The molecule has 0 aromatic heterocycles. The predicted octanol–water partition coefficient (Wildman–Crippen LogP) is 1.91. The molecule has 5 aliphatic rings. The van der Waals surface area contributed by atoms with Crippen LogP contribution in [0.5, 0.6) is 0 Å². The summed E-state index contributed by atoms with van der Waals surface area (Å²) in [5, 5.41) is 53.9. The number of hydrogen-bond acceptors (Lipinski definition) is 10. The van der Waals surface area contributed by atoms with Crippen LogP contribution < -0.4 is 0 Å². The molecular formula is C31H51NO9. The highest BCUT2D eigenvalue weighted by molar-refractivity contribution is 5.85. The second kappa shape index (κ2) is 11.8. The van der Waals surface area contributed by atoms with Gasteiger partial charge in [0.2, 0.25) is 0 Å². The second-order valence-corrected chi connectivity index (χ2v) is 14.0. The number of esters is 1. The van der Waals surface area contributed by atoms with Gasteiger partial charge in [0, 0.05) is 17.5 Å². The smallest absolute Gasteiger partial charge is 0.331 e. The number of hydrogen-bond donors (Lipinski definition) is 5. The third-order valence-corrected chi connectivity index (χ3v) is 12.3. The van der Waals surface area contributed by atoms with Gasteiger partial charge in [-0.15, -0.1) is 0 Å². The van der Waals surface area contributed by atoms with Crippen LogP contribution in [0.25, 0.3) is 0 Å². The van der Waals surface area contributed by atoms with Gasteiger partial charge in [0.05, 0.1) is 32.0 Å². The van der Waals surface area contributed by atoms with Crippen LogP contribution in [-0.2, 0) is 19.1 Å². The van der Waals surface area contributed by atoms with Gasteiger partial charge in [0.1, 0.15) is 18.8 Å². The third kappa shape index (κ3) is 5.10. The highest BCUT2D eigenvalue weighted by atomic mass is 16.7. The van der Waals surface area contributed by atoms with Crippen molar-refractivity contribution in [2.24, 2.45) is 34.5 Å². The predicted molar refractivity (Wildman–Crippen MR) is 149 cm³/mol. The molecule has 0 aromatic carbocycles. The van der Waals surface area contributed by atoms with E-state index in [4.69, 9.17) is 14.3 Å². The Labute approximate surface area is 243 Å². The number of fused-ring (bicyclic) bond motifs is 5. The minimum Gasteiger partial charge on any atom is -0.458 e. The maximum absolute atomic E-state index is 12.5. The maximum atomic E-state index is 12.5. The number of carbonyl (C=O) groups excluding carboxylic acids is 1. The third-order valence-electron chi connectivity index (χ3n) is 12.3. The van der Waals surface area contributed by atoms with Crippen molar-refractivity contribution in [3.8, 4) is 0 Å². The maximum Gasteiger partial charge on any atom is 0.331 e. The lowest BCUT2D eigenvalue weighted by Gasteiger charge is -2.64. The van der Waals surface area contributed by atoms with Crippen molar-refractivity contribution in [1.29, 1.82) is 0 Å². The normalized spacial score (nSPS) is 43.4. The Morgan fingerprint density at radius 1 is 1.05 bits per heavy atom. The van der Waals surface area contributed by atoms with Crippen LogP contribution in [0.1, 0.15) is 78.6 Å². The minimum absolute atomic E-state index is 0.0283. The van der Waals surface area contributed by atoms with Gasteiger partial charge in [-0.3, -0.25) is 4.84 Å². The molecule has 0 spiro atoms. The van der Waals surface area contributed by atoms with Crippen molar-refractivity contribution >= 4 is 5.97 Å². The molecule has 0 saturated heterocycles. The highest BCUT2D eigenvalue weighted by Gasteiger charge is 2.67. The van der Waals surface area contributed by atoms with E-state index in [2.05, 4.69) is 13.8 Å². The molecule has 5 rings (SSSR count). The zero-order valence-corrected chi connectivity index (χ0v) is 25.1. The Morgan fingerprint density at radius 3 is 2.41 bits per heavy atom. The Hall–Kier alpha value is -1.11. The first-order valence-electron chi connectivity index (χ1n) is 15.6. The number of hydroxylamine groups is 2. The summed E-state index contributed by atoms with van der Waals surface area (Å²) >= 11 is 0. The number of aliphatic hydroxyl groups excluding tert-OH is 4. The van der Waals surface area contributed by atoms with E-state index in [-0.39, 0.29) is 34.7 Å². The van der Waals surface area contributed by atoms with Crippen LogP contribution >= 0.6 is 0 Å². The van der Waals surface area contributed by atoms with Gasteiger partial charge in [-0.1, -0.05) is 13.8 Å². The molecule has 12 atom stereocenters. The summed E-state index contributed by atoms with van der Waals surface area (Å²) < 4.78 is 11.2. The summed E-state index contributed by atoms with van der Waals surface area (Å²) in [5.41, 5.74) is 0.110. The van der Waals surface area contributed by atoms with Crippen molar-refractivity contribution in [3.05, 3.63) is 11.6 Å². The van der Waals surface area contributed by atoms with Crippen molar-refractivity contribution < 1.29 is 44.6 Å². The summed E-state index contributed by atoms with van der Waals surface area (Å²) in [6.45, 7) is 5.54. The molecular weight excluding hydrogens is 530 g/mol. The minimum atomic E-state index is -1.28. The van der Waals surface area contributed by atoms with Gasteiger partial charge in [0.15, 0.2) is 6.23 Å². The van der Waals surface area contributed by atoms with E-state index < -0.39 is 43.4 Å². The topological polar surface area (TPSA) is 149 Å². The number of carbonyl (C=O) groups is 1. The van der Waals surface area contributed by atoms with E-state index in [1.807, 2.05) is 0 Å². The largest absolute Gasteiger partial charge is 0.458 e. The van der Waals surface area contributed by atoms with Gasteiger partial charge in [-0.25, -0.2) is 4.79 Å². The first kappa shape index (κ1) is 31.3. The molecule has 10 unspecified atom stereocenters. The summed E-state index contributed by atoms with van der Waals surface area (Å²) in [4.78, 5) is 17.6. The summed E-state index contributed by atoms with van der Waals surface area (Å²) in [5.74, 6) is 0.969. The Bertz CT molecular complexity index is 991. The lowest BCUT2D eigenvalue weighted by molar-refractivity contribution is -0.310. The van der Waals surface area contributed by atoms with E-state index in [9.17, 15) is 30.3 Å². The quantitative estimate of drug-likeness (QED) is 0.147. The highest BCUT2D eigenvalue weighted by Crippen LogP contribution is 2.70. The molecule has 0 amide bonds. The van der Waals surface area contributed by atoms with Gasteiger partial charge >= 0.3 is 5.97 Å². The molecule has 4 fully saturated rings. The molecule has 4 saturated carbocycles. The lowest BCUT2D eigenvalue weighted by atomic mass is 9.43. The van der Waals surface area contributed by atoms with Crippen molar-refractivity contribution in [3.63, 3.8) is 0 Å². The Morgan fingerprint density at radius 2 is 1.80 bits per heavy atom. The van der Waals surface area contributed by atoms with E-state index >= 15 is 0 Å². The average molecular weight is 582 g/mol. The van der Waals surface area contributed by atoms with Crippen LogP contribution in [-0.4, -0.2) is 99.7 Å². The van der Waals surface area contributed by atoms with Gasteiger partial charge in [-0.2, -0.15) is 5.06 Å². The van der Waals surface area contributed by atoms with Crippen LogP contribution in [0.2, 0.25) is 0 Å². The zero-order valence-electron chi connectivity index (χ0n) is 25.1. The monoisotopic (exact) mass is 581 g/mol. The number of nitrogens with zero attached hydrogens (tertiary/aromatic N) is 1.